The van der Waals surface area contributed by atoms with Gasteiger partial charge in [0.15, 0.2) is 0 Å². The fourth-order valence-electron chi connectivity index (χ4n) is 2.03. The predicted molar refractivity (Wildman–Crippen MR) is 73.4 cm³/mol. The molecule has 0 radical (unpaired) electrons. The molecule has 0 aliphatic carbocycles. The lowest BCUT2D eigenvalue weighted by atomic mass is 10.0. The van der Waals surface area contributed by atoms with Crippen LogP contribution in [0.2, 0.25) is 0 Å². The van der Waals surface area contributed by atoms with Gasteiger partial charge in [-0.3, -0.25) is 0 Å². The molecule has 0 amide bonds. The second-order valence-corrected chi connectivity index (χ2v) is 5.14. The molecular formula is C13H16BrN3O. The fraction of sp³-hybridized carbons (Fsp3) is 0.385. The maximum Gasteiger partial charge on any atom is 0.122 e. The quantitative estimate of drug-likeness (QED) is 0.948. The molecule has 0 fully saturated rings. The minimum atomic E-state index is -0.689. The molecule has 1 N–H and O–H groups in total. The first-order valence-electron chi connectivity index (χ1n) is 5.87. The van der Waals surface area contributed by atoms with Crippen molar-refractivity contribution in [1.29, 1.82) is 0 Å². The van der Waals surface area contributed by atoms with Crippen molar-refractivity contribution < 1.29 is 5.11 Å². The standard InChI is InChI=1S/C13H16BrN3O/c1-4-17-11(7-15-16-17)13(18)10-5-8(2)12(14)9(3)6-10/h5-7,13,18H,4H2,1-3H3. The van der Waals surface area contributed by atoms with E-state index in [1.54, 1.807) is 10.9 Å². The topological polar surface area (TPSA) is 50.9 Å². The molecule has 0 saturated carbocycles. The average molecular weight is 310 g/mol. The predicted octanol–water partition coefficient (Wildman–Crippen LogP) is 2.76. The molecule has 2 aromatic rings. The van der Waals surface area contributed by atoms with Gasteiger partial charge in [-0.25, -0.2) is 4.68 Å². The van der Waals surface area contributed by atoms with Crippen LogP contribution in [-0.4, -0.2) is 20.1 Å². The Morgan fingerprint density at radius 2 is 1.94 bits per heavy atom. The van der Waals surface area contributed by atoms with Gasteiger partial charge in [0.1, 0.15) is 6.10 Å². The Balaban J connectivity index is 2.43. The zero-order chi connectivity index (χ0) is 13.3. The minimum absolute atomic E-state index is 0.689. The molecule has 0 saturated heterocycles. The smallest absolute Gasteiger partial charge is 0.122 e. The van der Waals surface area contributed by atoms with Crippen LogP contribution in [0, 0.1) is 13.8 Å². The van der Waals surface area contributed by atoms with Crippen LogP contribution in [0.1, 0.15) is 35.4 Å². The Morgan fingerprint density at radius 3 is 2.50 bits per heavy atom. The maximum absolute atomic E-state index is 10.4. The molecule has 1 unspecified atom stereocenters. The molecule has 1 atom stereocenters. The number of benzene rings is 1. The molecular weight excluding hydrogens is 294 g/mol. The third kappa shape index (κ3) is 2.33. The van der Waals surface area contributed by atoms with Crippen LogP contribution in [0.4, 0.5) is 0 Å². The van der Waals surface area contributed by atoms with Crippen molar-refractivity contribution in [3.8, 4) is 0 Å². The Morgan fingerprint density at radius 1 is 1.33 bits per heavy atom. The number of aryl methyl sites for hydroxylation is 3. The van der Waals surface area contributed by atoms with Gasteiger partial charge in [-0.2, -0.15) is 0 Å². The van der Waals surface area contributed by atoms with Crippen molar-refractivity contribution in [2.45, 2.75) is 33.4 Å². The lowest BCUT2D eigenvalue weighted by molar-refractivity contribution is 0.208. The zero-order valence-electron chi connectivity index (χ0n) is 10.7. The van der Waals surface area contributed by atoms with E-state index in [1.165, 1.54) is 0 Å². The van der Waals surface area contributed by atoms with Crippen LogP contribution < -0.4 is 0 Å². The summed E-state index contributed by atoms with van der Waals surface area (Å²) in [6.07, 6.45) is 0.923. The number of rotatable bonds is 3. The summed E-state index contributed by atoms with van der Waals surface area (Å²) in [6.45, 7) is 6.70. The van der Waals surface area contributed by atoms with Crippen LogP contribution in [0.15, 0.2) is 22.8 Å². The van der Waals surface area contributed by atoms with Gasteiger partial charge in [0.25, 0.3) is 0 Å². The van der Waals surface area contributed by atoms with E-state index < -0.39 is 6.10 Å². The monoisotopic (exact) mass is 309 g/mol. The van der Waals surface area contributed by atoms with E-state index in [0.29, 0.717) is 6.54 Å². The highest BCUT2D eigenvalue weighted by atomic mass is 79.9. The van der Waals surface area contributed by atoms with Crippen molar-refractivity contribution in [3.63, 3.8) is 0 Å². The fourth-order valence-corrected chi connectivity index (χ4v) is 2.26. The molecule has 0 aliphatic rings. The third-order valence-corrected chi connectivity index (χ3v) is 4.25. The third-order valence-electron chi connectivity index (χ3n) is 3.00. The molecule has 2 rings (SSSR count). The van der Waals surface area contributed by atoms with E-state index in [9.17, 15) is 5.11 Å². The highest BCUT2D eigenvalue weighted by molar-refractivity contribution is 9.10. The first-order chi connectivity index (χ1) is 8.54. The SMILES string of the molecule is CCn1nncc1C(O)c1cc(C)c(Br)c(C)c1. The summed E-state index contributed by atoms with van der Waals surface area (Å²) in [5.41, 5.74) is 3.81. The largest absolute Gasteiger partial charge is 0.382 e. The van der Waals surface area contributed by atoms with Crippen LogP contribution in [-0.2, 0) is 6.54 Å². The summed E-state index contributed by atoms with van der Waals surface area (Å²) in [4.78, 5) is 0. The summed E-state index contributed by atoms with van der Waals surface area (Å²) in [6, 6.07) is 3.96. The molecule has 4 nitrogen and oxygen atoms in total. The minimum Gasteiger partial charge on any atom is -0.382 e. The Kier molecular flexibility index (Phi) is 3.82. The summed E-state index contributed by atoms with van der Waals surface area (Å²) in [5.74, 6) is 0. The summed E-state index contributed by atoms with van der Waals surface area (Å²) in [7, 11) is 0. The number of nitrogens with zero attached hydrogens (tertiary/aromatic N) is 3. The zero-order valence-corrected chi connectivity index (χ0v) is 12.3. The van der Waals surface area contributed by atoms with Gasteiger partial charge in [-0.15, -0.1) is 5.10 Å². The molecule has 5 heteroatoms. The van der Waals surface area contributed by atoms with E-state index in [2.05, 4.69) is 26.2 Å². The molecule has 0 aliphatic heterocycles. The van der Waals surface area contributed by atoms with Gasteiger partial charge in [0.2, 0.25) is 0 Å². The molecule has 0 bridgehead atoms. The first-order valence-corrected chi connectivity index (χ1v) is 6.67. The number of halogens is 1. The lowest BCUT2D eigenvalue weighted by Gasteiger charge is -2.14. The number of aliphatic hydroxyl groups is 1. The summed E-state index contributed by atoms with van der Waals surface area (Å²) >= 11 is 3.53. The van der Waals surface area contributed by atoms with Crippen LogP contribution in [0.25, 0.3) is 0 Å². The normalized spacial score (nSPS) is 12.7. The maximum atomic E-state index is 10.4. The van der Waals surface area contributed by atoms with Gasteiger partial charge in [0.05, 0.1) is 11.9 Å². The van der Waals surface area contributed by atoms with Gasteiger partial charge in [-0.05, 0) is 37.5 Å². The van der Waals surface area contributed by atoms with Crippen molar-refractivity contribution in [1.82, 2.24) is 15.0 Å². The second kappa shape index (κ2) is 5.20. The number of hydrogen-bond acceptors (Lipinski definition) is 3. The number of aliphatic hydroxyl groups excluding tert-OH is 1. The van der Waals surface area contributed by atoms with Crippen LogP contribution in [0.3, 0.4) is 0 Å². The molecule has 1 aromatic carbocycles. The highest BCUT2D eigenvalue weighted by Gasteiger charge is 2.17. The Bertz CT molecular complexity index is 542. The Hall–Kier alpha value is -1.20. The lowest BCUT2D eigenvalue weighted by Crippen LogP contribution is -2.09. The van der Waals surface area contributed by atoms with Crippen LogP contribution in [0.5, 0.6) is 0 Å². The molecule has 0 spiro atoms. The molecule has 1 heterocycles. The van der Waals surface area contributed by atoms with Gasteiger partial charge >= 0.3 is 0 Å². The molecule has 18 heavy (non-hydrogen) atoms. The summed E-state index contributed by atoms with van der Waals surface area (Å²) < 4.78 is 2.79. The number of hydrogen-bond donors (Lipinski definition) is 1. The summed E-state index contributed by atoms with van der Waals surface area (Å²) in [5, 5.41) is 18.2. The van der Waals surface area contributed by atoms with Gasteiger partial charge in [-0.1, -0.05) is 33.3 Å². The van der Waals surface area contributed by atoms with Crippen molar-refractivity contribution in [3.05, 3.63) is 45.2 Å². The first kappa shape index (κ1) is 13.2. The van der Waals surface area contributed by atoms with Gasteiger partial charge in [0, 0.05) is 11.0 Å². The van der Waals surface area contributed by atoms with Crippen molar-refractivity contribution in [2.24, 2.45) is 0 Å². The second-order valence-electron chi connectivity index (χ2n) is 4.35. The average Bonchev–Trinajstić information content (AvgIpc) is 2.82. The highest BCUT2D eigenvalue weighted by Crippen LogP contribution is 2.28. The van der Waals surface area contributed by atoms with Crippen molar-refractivity contribution >= 4 is 15.9 Å². The number of aromatic nitrogens is 3. The van der Waals surface area contributed by atoms with E-state index in [4.69, 9.17) is 0 Å². The molecule has 1 aromatic heterocycles. The van der Waals surface area contributed by atoms with Gasteiger partial charge < -0.3 is 5.11 Å². The van der Waals surface area contributed by atoms with E-state index in [-0.39, 0.29) is 0 Å². The molecule has 96 valence electrons. The van der Waals surface area contributed by atoms with E-state index >= 15 is 0 Å². The van der Waals surface area contributed by atoms with Crippen LogP contribution >= 0.6 is 15.9 Å². The van der Waals surface area contributed by atoms with E-state index in [1.807, 2.05) is 32.9 Å². The Labute approximate surface area is 115 Å². The van der Waals surface area contributed by atoms with E-state index in [0.717, 1.165) is 26.9 Å². The van der Waals surface area contributed by atoms with Crippen molar-refractivity contribution in [2.75, 3.05) is 0 Å².